The molecule has 0 aliphatic heterocycles. The molecule has 0 spiro atoms. The molecule has 1 N–H and O–H groups in total. The first-order valence-electron chi connectivity index (χ1n) is 6.04. The van der Waals surface area contributed by atoms with E-state index in [0.29, 0.717) is 16.7 Å². The third-order valence-electron chi connectivity index (χ3n) is 3.76. The summed E-state index contributed by atoms with van der Waals surface area (Å²) in [6.45, 7) is 4.46. The minimum Gasteiger partial charge on any atom is -0.305 e. The average Bonchev–Trinajstić information content (AvgIpc) is 2.24. The highest BCUT2D eigenvalue weighted by atomic mass is 35.5. The molecule has 1 aromatic heterocycles. The Morgan fingerprint density at radius 2 is 2.25 bits per heavy atom. The van der Waals surface area contributed by atoms with E-state index >= 15 is 0 Å². The van der Waals surface area contributed by atoms with Crippen LogP contribution < -0.4 is 5.32 Å². The molecule has 0 saturated heterocycles. The van der Waals surface area contributed by atoms with Gasteiger partial charge < -0.3 is 5.32 Å². The standard InChI is InChI=1S/C13H19ClN2/c1-3-13(7-4-8-13)16-10(2)11-5-6-12(14)15-9-11/h5-6,9-10,16H,3-4,7-8H2,1-2H3. The van der Waals surface area contributed by atoms with E-state index in [4.69, 9.17) is 11.6 Å². The van der Waals surface area contributed by atoms with E-state index in [1.165, 1.54) is 31.2 Å². The maximum Gasteiger partial charge on any atom is 0.129 e. The van der Waals surface area contributed by atoms with Crippen molar-refractivity contribution in [3.63, 3.8) is 0 Å². The highest BCUT2D eigenvalue weighted by Gasteiger charge is 2.35. The van der Waals surface area contributed by atoms with Crippen molar-refractivity contribution in [2.24, 2.45) is 0 Å². The maximum atomic E-state index is 5.78. The van der Waals surface area contributed by atoms with Gasteiger partial charge in [-0.25, -0.2) is 4.98 Å². The number of rotatable bonds is 4. The van der Waals surface area contributed by atoms with Crippen molar-refractivity contribution in [3.8, 4) is 0 Å². The summed E-state index contributed by atoms with van der Waals surface area (Å²) in [5, 5.41) is 4.29. The molecular weight excluding hydrogens is 220 g/mol. The number of pyridine rings is 1. The molecule has 1 saturated carbocycles. The lowest BCUT2D eigenvalue weighted by Gasteiger charge is -2.44. The zero-order valence-corrected chi connectivity index (χ0v) is 10.7. The summed E-state index contributed by atoms with van der Waals surface area (Å²) < 4.78 is 0. The molecule has 1 aromatic rings. The summed E-state index contributed by atoms with van der Waals surface area (Å²) in [5.74, 6) is 0. The molecule has 0 radical (unpaired) electrons. The smallest absolute Gasteiger partial charge is 0.129 e. The van der Waals surface area contributed by atoms with Crippen molar-refractivity contribution in [3.05, 3.63) is 29.0 Å². The van der Waals surface area contributed by atoms with Crippen molar-refractivity contribution in [1.29, 1.82) is 0 Å². The van der Waals surface area contributed by atoms with Crippen molar-refractivity contribution in [2.75, 3.05) is 0 Å². The Balaban J connectivity index is 2.02. The van der Waals surface area contributed by atoms with Crippen LogP contribution in [-0.2, 0) is 0 Å². The Labute approximate surface area is 102 Å². The molecule has 1 fully saturated rings. The highest BCUT2D eigenvalue weighted by molar-refractivity contribution is 6.29. The summed E-state index contributed by atoms with van der Waals surface area (Å²) in [4.78, 5) is 4.13. The van der Waals surface area contributed by atoms with Gasteiger partial charge in [0.25, 0.3) is 0 Å². The minimum atomic E-state index is 0.352. The van der Waals surface area contributed by atoms with Crippen LogP contribution >= 0.6 is 11.6 Å². The van der Waals surface area contributed by atoms with Gasteiger partial charge in [0.15, 0.2) is 0 Å². The summed E-state index contributed by atoms with van der Waals surface area (Å²) in [5.41, 5.74) is 1.59. The lowest BCUT2D eigenvalue weighted by Crippen LogP contribution is -2.51. The molecule has 16 heavy (non-hydrogen) atoms. The van der Waals surface area contributed by atoms with Crippen molar-refractivity contribution >= 4 is 11.6 Å². The number of nitrogens with one attached hydrogen (secondary N) is 1. The molecule has 2 rings (SSSR count). The van der Waals surface area contributed by atoms with Gasteiger partial charge in [0.1, 0.15) is 5.15 Å². The molecule has 1 atom stereocenters. The second-order valence-corrected chi connectivity index (χ2v) is 5.15. The monoisotopic (exact) mass is 238 g/mol. The van der Waals surface area contributed by atoms with Gasteiger partial charge in [-0.1, -0.05) is 24.6 Å². The summed E-state index contributed by atoms with van der Waals surface area (Å²) in [7, 11) is 0. The molecule has 1 aliphatic carbocycles. The molecule has 0 aromatic carbocycles. The predicted molar refractivity (Wildman–Crippen MR) is 67.7 cm³/mol. The molecule has 0 bridgehead atoms. The highest BCUT2D eigenvalue weighted by Crippen LogP contribution is 2.36. The van der Waals surface area contributed by atoms with Crippen LogP contribution in [0.15, 0.2) is 18.3 Å². The zero-order valence-electron chi connectivity index (χ0n) is 9.96. The van der Waals surface area contributed by atoms with Gasteiger partial charge in [-0.15, -0.1) is 0 Å². The normalized spacial score (nSPS) is 20.2. The summed E-state index contributed by atoms with van der Waals surface area (Å²) in [6, 6.07) is 4.26. The van der Waals surface area contributed by atoms with Crippen molar-refractivity contribution < 1.29 is 0 Å². The second kappa shape index (κ2) is 4.72. The van der Waals surface area contributed by atoms with Crippen LogP contribution in [0.25, 0.3) is 0 Å². The van der Waals surface area contributed by atoms with Crippen LogP contribution in [0.3, 0.4) is 0 Å². The van der Waals surface area contributed by atoms with Gasteiger partial charge in [-0.05, 0) is 44.2 Å². The van der Waals surface area contributed by atoms with Gasteiger partial charge >= 0.3 is 0 Å². The first-order chi connectivity index (χ1) is 7.65. The Bertz CT molecular complexity index is 338. The molecular formula is C13H19ClN2. The van der Waals surface area contributed by atoms with Gasteiger partial charge in [0, 0.05) is 17.8 Å². The van der Waals surface area contributed by atoms with E-state index in [0.717, 1.165) is 0 Å². The van der Waals surface area contributed by atoms with Gasteiger partial charge in [0.05, 0.1) is 0 Å². The predicted octanol–water partition coefficient (Wildman–Crippen LogP) is 3.72. The van der Waals surface area contributed by atoms with Crippen LogP contribution in [0, 0.1) is 0 Å². The number of hydrogen-bond donors (Lipinski definition) is 1. The molecule has 2 nitrogen and oxygen atoms in total. The van der Waals surface area contributed by atoms with E-state index in [9.17, 15) is 0 Å². The molecule has 1 unspecified atom stereocenters. The van der Waals surface area contributed by atoms with Crippen LogP contribution in [0.1, 0.15) is 51.1 Å². The number of aromatic nitrogens is 1. The molecule has 3 heteroatoms. The first kappa shape index (κ1) is 11.9. The fourth-order valence-corrected chi connectivity index (χ4v) is 2.50. The second-order valence-electron chi connectivity index (χ2n) is 4.77. The van der Waals surface area contributed by atoms with Gasteiger partial charge in [-0.3, -0.25) is 0 Å². The molecule has 88 valence electrons. The average molecular weight is 239 g/mol. The first-order valence-corrected chi connectivity index (χ1v) is 6.42. The van der Waals surface area contributed by atoms with E-state index in [2.05, 4.69) is 30.2 Å². The van der Waals surface area contributed by atoms with Crippen LogP contribution in [-0.4, -0.2) is 10.5 Å². The summed E-state index contributed by atoms with van der Waals surface area (Å²) in [6.07, 6.45) is 7.02. The lowest BCUT2D eigenvalue weighted by molar-refractivity contribution is 0.160. The minimum absolute atomic E-state index is 0.352. The van der Waals surface area contributed by atoms with Crippen LogP contribution in [0.5, 0.6) is 0 Å². The third kappa shape index (κ3) is 2.38. The fourth-order valence-electron chi connectivity index (χ4n) is 2.39. The van der Waals surface area contributed by atoms with E-state index in [-0.39, 0.29) is 0 Å². The largest absolute Gasteiger partial charge is 0.305 e. The van der Waals surface area contributed by atoms with Crippen LogP contribution in [0.2, 0.25) is 5.15 Å². The van der Waals surface area contributed by atoms with Crippen LogP contribution in [0.4, 0.5) is 0 Å². The number of halogens is 1. The van der Waals surface area contributed by atoms with E-state index < -0.39 is 0 Å². The Hall–Kier alpha value is -0.600. The number of hydrogen-bond acceptors (Lipinski definition) is 2. The quantitative estimate of drug-likeness (QED) is 0.809. The van der Waals surface area contributed by atoms with Gasteiger partial charge in [-0.2, -0.15) is 0 Å². The Kier molecular flexibility index (Phi) is 3.50. The van der Waals surface area contributed by atoms with E-state index in [1.807, 2.05) is 12.3 Å². The van der Waals surface area contributed by atoms with Crippen molar-refractivity contribution in [2.45, 2.75) is 51.1 Å². The van der Waals surface area contributed by atoms with Gasteiger partial charge in [0.2, 0.25) is 0 Å². The van der Waals surface area contributed by atoms with Crippen molar-refractivity contribution in [1.82, 2.24) is 10.3 Å². The fraction of sp³-hybridized carbons (Fsp3) is 0.615. The number of nitrogens with zero attached hydrogens (tertiary/aromatic N) is 1. The topological polar surface area (TPSA) is 24.9 Å². The lowest BCUT2D eigenvalue weighted by atomic mass is 9.74. The molecule has 0 amide bonds. The third-order valence-corrected chi connectivity index (χ3v) is 3.98. The maximum absolute atomic E-state index is 5.78. The summed E-state index contributed by atoms with van der Waals surface area (Å²) >= 11 is 5.78. The Morgan fingerprint density at radius 1 is 1.50 bits per heavy atom. The SMILES string of the molecule is CCC1(NC(C)c2ccc(Cl)nc2)CCC1. The zero-order chi connectivity index (χ0) is 11.6. The van der Waals surface area contributed by atoms with E-state index in [1.54, 1.807) is 0 Å². The Morgan fingerprint density at radius 3 is 2.69 bits per heavy atom. The molecule has 1 heterocycles. The molecule has 1 aliphatic rings.